The van der Waals surface area contributed by atoms with E-state index in [0.29, 0.717) is 10.9 Å². The van der Waals surface area contributed by atoms with Crippen molar-refractivity contribution >= 4 is 33.0 Å². The SMILES string of the molecule is CC(C)(O)c1ncc(S(=N)(=O)NC(=O)Nc2c(CC3CCC3)ccc3c2CCC3)s1. The van der Waals surface area contributed by atoms with Crippen LogP contribution in [-0.2, 0) is 34.8 Å². The highest BCUT2D eigenvalue weighted by molar-refractivity contribution is 7.93. The van der Waals surface area contributed by atoms with Crippen molar-refractivity contribution in [3.63, 3.8) is 0 Å². The number of carbonyl (C=O) groups is 1. The number of anilines is 1. The van der Waals surface area contributed by atoms with E-state index in [0.717, 1.165) is 48.3 Å². The van der Waals surface area contributed by atoms with Crippen LogP contribution in [0.5, 0.6) is 0 Å². The number of hydrogen-bond donors (Lipinski definition) is 4. The van der Waals surface area contributed by atoms with E-state index in [9.17, 15) is 14.1 Å². The third-order valence-corrected chi connectivity index (χ3v) is 9.07. The van der Waals surface area contributed by atoms with Gasteiger partial charge in [0.05, 0.1) is 6.20 Å². The first kappa shape index (κ1) is 21.3. The molecule has 1 aromatic heterocycles. The van der Waals surface area contributed by atoms with Crippen LogP contribution in [0.15, 0.2) is 22.5 Å². The number of hydrogen-bond acceptors (Lipinski definition) is 6. The van der Waals surface area contributed by atoms with Gasteiger partial charge in [0.1, 0.15) is 14.8 Å². The number of rotatable bonds is 6. The molecule has 30 heavy (non-hydrogen) atoms. The number of nitrogens with zero attached hydrogens (tertiary/aromatic N) is 1. The lowest BCUT2D eigenvalue weighted by Crippen LogP contribution is -2.34. The minimum atomic E-state index is -3.58. The third-order valence-electron chi connectivity index (χ3n) is 5.87. The molecule has 1 heterocycles. The van der Waals surface area contributed by atoms with E-state index in [1.807, 2.05) is 0 Å². The first-order valence-corrected chi connectivity index (χ1v) is 12.7. The second kappa shape index (κ2) is 7.94. The Kier molecular flexibility index (Phi) is 5.63. The van der Waals surface area contributed by atoms with Crippen molar-refractivity contribution < 1.29 is 14.1 Å². The Bertz CT molecular complexity index is 1070. The summed E-state index contributed by atoms with van der Waals surface area (Å²) in [5.74, 6) is 0.658. The standard InChI is InChI=1S/C21H28N4O3S2/c1-21(2,27)19-23-12-17(29-19)30(22,28)25-20(26)24-18-15(11-13-5-3-6-13)10-9-14-7-4-8-16(14)18/h9-10,12-13,27H,3-8,11H2,1-2H3,(H3,22,24,25,26,28). The average Bonchev–Trinajstić information content (AvgIpc) is 3.28. The summed E-state index contributed by atoms with van der Waals surface area (Å²) < 4.78 is 23.5. The highest BCUT2D eigenvalue weighted by Crippen LogP contribution is 2.37. The summed E-state index contributed by atoms with van der Waals surface area (Å²) in [6, 6.07) is 3.63. The summed E-state index contributed by atoms with van der Waals surface area (Å²) in [5.41, 5.74) is 3.18. The number of aliphatic hydroxyl groups is 1. The van der Waals surface area contributed by atoms with Crippen molar-refractivity contribution in [3.8, 4) is 0 Å². The van der Waals surface area contributed by atoms with Crippen molar-refractivity contribution in [3.05, 3.63) is 40.0 Å². The van der Waals surface area contributed by atoms with Crippen molar-refractivity contribution in [1.29, 1.82) is 4.78 Å². The van der Waals surface area contributed by atoms with Gasteiger partial charge in [-0.25, -0.2) is 23.5 Å². The molecule has 2 aliphatic carbocycles. The first-order chi connectivity index (χ1) is 14.1. The topological polar surface area (TPSA) is 115 Å². The summed E-state index contributed by atoms with van der Waals surface area (Å²) >= 11 is 0.971. The number of urea groups is 1. The van der Waals surface area contributed by atoms with Crippen LogP contribution in [0.4, 0.5) is 10.5 Å². The van der Waals surface area contributed by atoms with E-state index < -0.39 is 21.5 Å². The molecule has 2 aromatic rings. The van der Waals surface area contributed by atoms with Gasteiger partial charge in [0.2, 0.25) is 0 Å². The fraction of sp³-hybridized carbons (Fsp3) is 0.524. The Morgan fingerprint density at radius 1 is 1.33 bits per heavy atom. The predicted octanol–water partition coefficient (Wildman–Crippen LogP) is 4.34. The lowest BCUT2D eigenvalue weighted by atomic mass is 9.80. The molecule has 1 fully saturated rings. The molecule has 0 aliphatic heterocycles. The maximum absolute atomic E-state index is 12.9. The molecule has 162 valence electrons. The molecule has 2 amide bonds. The molecule has 1 saturated carbocycles. The molecular formula is C21H28N4O3S2. The number of fused-ring (bicyclic) bond motifs is 1. The lowest BCUT2D eigenvalue weighted by Gasteiger charge is -2.27. The molecule has 9 heteroatoms. The highest BCUT2D eigenvalue weighted by Gasteiger charge is 2.27. The van der Waals surface area contributed by atoms with Gasteiger partial charge in [-0.2, -0.15) is 0 Å². The summed E-state index contributed by atoms with van der Waals surface area (Å²) in [7, 11) is -3.58. The number of benzene rings is 1. The van der Waals surface area contributed by atoms with Crippen LogP contribution in [0.1, 0.15) is 61.2 Å². The highest BCUT2D eigenvalue weighted by atomic mass is 32.2. The number of nitrogens with one attached hydrogen (secondary N) is 3. The zero-order valence-electron chi connectivity index (χ0n) is 17.3. The van der Waals surface area contributed by atoms with E-state index in [-0.39, 0.29) is 4.21 Å². The van der Waals surface area contributed by atoms with Gasteiger partial charge in [-0.05, 0) is 62.1 Å². The number of amides is 2. The second-order valence-electron chi connectivity index (χ2n) is 8.75. The number of aromatic nitrogens is 1. The normalized spacial score (nSPS) is 18.4. The molecule has 7 nitrogen and oxygen atoms in total. The minimum Gasteiger partial charge on any atom is -0.383 e. The second-order valence-corrected chi connectivity index (χ2v) is 11.8. The Labute approximate surface area is 181 Å². The Morgan fingerprint density at radius 2 is 2.10 bits per heavy atom. The van der Waals surface area contributed by atoms with Gasteiger partial charge in [0, 0.05) is 5.69 Å². The van der Waals surface area contributed by atoms with Gasteiger partial charge in [-0.1, -0.05) is 31.4 Å². The summed E-state index contributed by atoms with van der Waals surface area (Å²) in [6.07, 6.45) is 8.92. The first-order valence-electron chi connectivity index (χ1n) is 10.3. The zero-order chi connectivity index (χ0) is 21.5. The molecule has 1 atom stereocenters. The summed E-state index contributed by atoms with van der Waals surface area (Å²) in [4.78, 5) is 16.8. The molecule has 0 bridgehead atoms. The quantitative estimate of drug-likeness (QED) is 0.526. The fourth-order valence-corrected chi connectivity index (χ4v) is 6.14. The van der Waals surface area contributed by atoms with Crippen molar-refractivity contribution in [2.45, 2.75) is 68.6 Å². The van der Waals surface area contributed by atoms with E-state index in [1.165, 1.54) is 36.6 Å². The van der Waals surface area contributed by atoms with E-state index >= 15 is 0 Å². The molecule has 0 saturated heterocycles. The van der Waals surface area contributed by atoms with Crippen LogP contribution in [0.3, 0.4) is 0 Å². The molecule has 4 rings (SSSR count). The van der Waals surface area contributed by atoms with Gasteiger partial charge in [-0.3, -0.25) is 0 Å². The number of thiazole rings is 1. The smallest absolute Gasteiger partial charge is 0.331 e. The van der Waals surface area contributed by atoms with Crippen molar-refractivity contribution in [1.82, 2.24) is 9.71 Å². The number of aryl methyl sites for hydroxylation is 1. The van der Waals surface area contributed by atoms with Crippen LogP contribution in [0, 0.1) is 10.7 Å². The Morgan fingerprint density at radius 3 is 2.73 bits per heavy atom. The lowest BCUT2D eigenvalue weighted by molar-refractivity contribution is 0.0783. The molecule has 1 aromatic carbocycles. The van der Waals surface area contributed by atoms with Gasteiger partial charge in [0.15, 0.2) is 9.92 Å². The van der Waals surface area contributed by atoms with Crippen LogP contribution in [0.25, 0.3) is 0 Å². The minimum absolute atomic E-state index is 0.114. The predicted molar refractivity (Wildman–Crippen MR) is 118 cm³/mol. The van der Waals surface area contributed by atoms with Crippen LogP contribution in [0.2, 0.25) is 0 Å². The fourth-order valence-electron chi connectivity index (χ4n) is 4.04. The van der Waals surface area contributed by atoms with Gasteiger partial charge < -0.3 is 10.4 Å². The molecule has 0 spiro atoms. The van der Waals surface area contributed by atoms with E-state index in [2.05, 4.69) is 27.2 Å². The largest absolute Gasteiger partial charge is 0.383 e. The van der Waals surface area contributed by atoms with Crippen molar-refractivity contribution in [2.75, 3.05) is 5.32 Å². The van der Waals surface area contributed by atoms with Gasteiger partial charge in [-0.15, -0.1) is 11.3 Å². The molecule has 2 aliphatic rings. The van der Waals surface area contributed by atoms with Gasteiger partial charge >= 0.3 is 6.03 Å². The number of carbonyl (C=O) groups excluding carboxylic acids is 1. The van der Waals surface area contributed by atoms with Crippen LogP contribution < -0.4 is 10.0 Å². The maximum Gasteiger partial charge on any atom is 0.331 e. The third kappa shape index (κ3) is 4.38. The average molecular weight is 449 g/mol. The Balaban J connectivity index is 1.53. The summed E-state index contributed by atoms with van der Waals surface area (Å²) in [5, 5.41) is 13.3. The van der Waals surface area contributed by atoms with Crippen LogP contribution in [-0.4, -0.2) is 20.3 Å². The monoisotopic (exact) mass is 448 g/mol. The molecular weight excluding hydrogens is 420 g/mol. The van der Waals surface area contributed by atoms with Crippen molar-refractivity contribution in [2.24, 2.45) is 5.92 Å². The Hall–Kier alpha value is -1.97. The zero-order valence-corrected chi connectivity index (χ0v) is 18.9. The summed E-state index contributed by atoms with van der Waals surface area (Å²) in [6.45, 7) is 3.14. The van der Waals surface area contributed by atoms with Gasteiger partial charge in [0.25, 0.3) is 0 Å². The molecule has 1 unspecified atom stereocenters. The van der Waals surface area contributed by atoms with E-state index in [1.54, 1.807) is 13.8 Å². The van der Waals surface area contributed by atoms with Crippen LogP contribution >= 0.6 is 11.3 Å². The maximum atomic E-state index is 12.9. The molecule has 0 radical (unpaired) electrons. The van der Waals surface area contributed by atoms with E-state index in [4.69, 9.17) is 4.78 Å². The molecule has 4 N–H and O–H groups in total.